The van der Waals surface area contributed by atoms with Gasteiger partial charge in [-0.25, -0.2) is 0 Å². The molecule has 1 aliphatic rings. The number of phenols is 1. The number of benzene rings is 2. The van der Waals surface area contributed by atoms with Gasteiger partial charge in [-0.1, -0.05) is 0 Å². The summed E-state index contributed by atoms with van der Waals surface area (Å²) in [4.78, 5) is 17.5. The molecular formula is C25H24N2O5. The first-order valence-corrected chi connectivity index (χ1v) is 10.6. The number of carbonyl (C=O) groups excluding carboxylic acids is 1. The lowest BCUT2D eigenvalue weighted by atomic mass is 10.0. The Morgan fingerprint density at radius 3 is 2.50 bits per heavy atom. The van der Waals surface area contributed by atoms with E-state index < -0.39 is 0 Å². The predicted octanol–water partition coefficient (Wildman–Crippen LogP) is 4.29. The molecule has 0 aliphatic carbocycles. The molecule has 3 heterocycles. The maximum absolute atomic E-state index is 12.9. The number of carbonyl (C=O) groups is 1. The van der Waals surface area contributed by atoms with Gasteiger partial charge in [0.05, 0.1) is 18.9 Å². The summed E-state index contributed by atoms with van der Waals surface area (Å²) in [5, 5.41) is 11.3. The van der Waals surface area contributed by atoms with Crippen LogP contribution in [0.3, 0.4) is 0 Å². The smallest absolute Gasteiger partial charge is 0.232 e. The molecule has 1 aliphatic heterocycles. The number of anilines is 1. The molecule has 1 saturated heterocycles. The van der Waals surface area contributed by atoms with E-state index in [4.69, 9.17) is 13.6 Å². The second-order valence-corrected chi connectivity index (χ2v) is 7.85. The van der Waals surface area contributed by atoms with Crippen LogP contribution >= 0.6 is 0 Å². The van der Waals surface area contributed by atoms with Crippen molar-refractivity contribution in [3.63, 3.8) is 0 Å². The van der Waals surface area contributed by atoms with Gasteiger partial charge < -0.3 is 23.6 Å². The Hall–Kier alpha value is -3.71. The number of ketones is 1. The lowest BCUT2D eigenvalue weighted by Crippen LogP contribution is -2.46. The van der Waals surface area contributed by atoms with Gasteiger partial charge in [0.15, 0.2) is 5.76 Å². The summed E-state index contributed by atoms with van der Waals surface area (Å²) >= 11 is 0. The van der Waals surface area contributed by atoms with Crippen LogP contribution in [0.1, 0.15) is 21.7 Å². The summed E-state index contributed by atoms with van der Waals surface area (Å²) in [5.74, 6) is 0.987. The number of methoxy groups -OCH3 is 1. The number of phenolic OH excluding ortho intramolecular Hbond substituents is 1. The summed E-state index contributed by atoms with van der Waals surface area (Å²) in [5.41, 5.74) is 2.84. The molecule has 7 nitrogen and oxygen atoms in total. The number of hydrogen-bond acceptors (Lipinski definition) is 7. The van der Waals surface area contributed by atoms with E-state index in [1.165, 1.54) is 12.5 Å². The van der Waals surface area contributed by atoms with E-state index in [1.54, 1.807) is 31.4 Å². The highest BCUT2D eigenvalue weighted by Crippen LogP contribution is 2.34. The number of hydrogen-bond donors (Lipinski definition) is 1. The fourth-order valence-electron chi connectivity index (χ4n) is 4.24. The lowest BCUT2D eigenvalue weighted by Gasteiger charge is -2.36. The average Bonchev–Trinajstić information content (AvgIpc) is 3.52. The Kier molecular flexibility index (Phi) is 5.33. The van der Waals surface area contributed by atoms with Crippen molar-refractivity contribution < 1.29 is 23.5 Å². The summed E-state index contributed by atoms with van der Waals surface area (Å²) in [7, 11) is 1.66. The van der Waals surface area contributed by atoms with E-state index in [-0.39, 0.29) is 17.3 Å². The molecule has 2 aromatic carbocycles. The number of aromatic hydroxyl groups is 1. The van der Waals surface area contributed by atoms with E-state index >= 15 is 0 Å². The van der Waals surface area contributed by atoms with Gasteiger partial charge in [0.25, 0.3) is 0 Å². The molecule has 1 N–H and O–H groups in total. The maximum Gasteiger partial charge on any atom is 0.232 e. The summed E-state index contributed by atoms with van der Waals surface area (Å²) in [6.07, 6.45) is 2.91. The van der Waals surface area contributed by atoms with Crippen molar-refractivity contribution in [3.05, 3.63) is 77.9 Å². The summed E-state index contributed by atoms with van der Waals surface area (Å²) < 4.78 is 16.2. The quantitative estimate of drug-likeness (QED) is 0.455. The van der Waals surface area contributed by atoms with E-state index in [0.29, 0.717) is 28.6 Å². The highest BCUT2D eigenvalue weighted by molar-refractivity contribution is 6.15. The minimum absolute atomic E-state index is 0.157. The zero-order valence-electron chi connectivity index (χ0n) is 17.8. The summed E-state index contributed by atoms with van der Waals surface area (Å²) in [6, 6.07) is 14.7. The van der Waals surface area contributed by atoms with Crippen molar-refractivity contribution in [1.82, 2.24) is 4.90 Å². The molecule has 0 spiro atoms. The average molecular weight is 432 g/mol. The molecule has 0 amide bonds. The molecule has 4 aromatic rings. The largest absolute Gasteiger partial charge is 0.508 e. The highest BCUT2D eigenvalue weighted by Gasteiger charge is 2.24. The van der Waals surface area contributed by atoms with E-state index in [9.17, 15) is 9.90 Å². The van der Waals surface area contributed by atoms with Gasteiger partial charge in [0.1, 0.15) is 23.3 Å². The number of rotatable bonds is 6. The van der Waals surface area contributed by atoms with Gasteiger partial charge in [-0.05, 0) is 48.5 Å². The third-order valence-corrected chi connectivity index (χ3v) is 6.00. The van der Waals surface area contributed by atoms with E-state index in [0.717, 1.165) is 37.6 Å². The van der Waals surface area contributed by atoms with E-state index in [2.05, 4.69) is 21.9 Å². The Morgan fingerprint density at radius 2 is 1.81 bits per heavy atom. The number of ether oxygens (including phenoxy) is 1. The van der Waals surface area contributed by atoms with Crippen LogP contribution in [0.15, 0.2) is 69.9 Å². The number of fused-ring (bicyclic) bond motifs is 1. The first kappa shape index (κ1) is 20.2. The number of furan rings is 2. The topological polar surface area (TPSA) is 79.3 Å². The Labute approximate surface area is 185 Å². The van der Waals surface area contributed by atoms with Crippen LogP contribution in [0, 0.1) is 0 Å². The first-order chi connectivity index (χ1) is 15.6. The second-order valence-electron chi connectivity index (χ2n) is 7.85. The zero-order valence-corrected chi connectivity index (χ0v) is 17.8. The van der Waals surface area contributed by atoms with Gasteiger partial charge in [-0.3, -0.25) is 9.69 Å². The number of piperazine rings is 1. The van der Waals surface area contributed by atoms with Gasteiger partial charge in [0, 0.05) is 49.4 Å². The van der Waals surface area contributed by atoms with Crippen molar-refractivity contribution >= 4 is 22.4 Å². The minimum Gasteiger partial charge on any atom is -0.508 e. The van der Waals surface area contributed by atoms with Crippen LogP contribution in [-0.4, -0.2) is 49.1 Å². The first-order valence-electron chi connectivity index (χ1n) is 10.6. The fourth-order valence-corrected chi connectivity index (χ4v) is 4.24. The molecule has 0 bridgehead atoms. The molecule has 7 heteroatoms. The number of nitrogens with zero attached hydrogens (tertiary/aromatic N) is 2. The molecule has 0 saturated carbocycles. The van der Waals surface area contributed by atoms with Crippen molar-refractivity contribution in [3.8, 4) is 11.5 Å². The lowest BCUT2D eigenvalue weighted by molar-refractivity contribution is 0.101. The van der Waals surface area contributed by atoms with Gasteiger partial charge >= 0.3 is 0 Å². The maximum atomic E-state index is 12.9. The molecule has 2 aromatic heterocycles. The Morgan fingerprint density at radius 1 is 1.03 bits per heavy atom. The fraction of sp³-hybridized carbons (Fsp3) is 0.240. The van der Waals surface area contributed by atoms with Crippen LogP contribution in [-0.2, 0) is 6.54 Å². The third-order valence-electron chi connectivity index (χ3n) is 6.00. The van der Waals surface area contributed by atoms with Crippen LogP contribution in [0.4, 0.5) is 5.69 Å². The molecule has 0 atom stereocenters. The van der Waals surface area contributed by atoms with Gasteiger partial charge in [-0.2, -0.15) is 0 Å². The van der Waals surface area contributed by atoms with Crippen LogP contribution in [0.25, 0.3) is 11.0 Å². The SMILES string of the molecule is COc1ccc(N2CCN(Cc3c(O)ccc4occ(C(=O)c5ccco5)c34)CC2)cc1. The van der Waals surface area contributed by atoms with Crippen LogP contribution in [0.5, 0.6) is 11.5 Å². The predicted molar refractivity (Wildman–Crippen MR) is 121 cm³/mol. The minimum atomic E-state index is -0.259. The molecule has 0 radical (unpaired) electrons. The second kappa shape index (κ2) is 8.43. The molecule has 164 valence electrons. The van der Waals surface area contributed by atoms with Crippen LogP contribution in [0.2, 0.25) is 0 Å². The molecule has 32 heavy (non-hydrogen) atoms. The van der Waals surface area contributed by atoms with Crippen molar-refractivity contribution in [1.29, 1.82) is 0 Å². The highest BCUT2D eigenvalue weighted by atomic mass is 16.5. The van der Waals surface area contributed by atoms with Gasteiger partial charge in [-0.15, -0.1) is 0 Å². The van der Waals surface area contributed by atoms with Crippen molar-refractivity contribution in [2.75, 3.05) is 38.2 Å². The molecule has 1 fully saturated rings. The zero-order chi connectivity index (χ0) is 22.1. The monoisotopic (exact) mass is 432 g/mol. The normalized spacial score (nSPS) is 14.7. The third kappa shape index (κ3) is 3.71. The van der Waals surface area contributed by atoms with Crippen molar-refractivity contribution in [2.24, 2.45) is 0 Å². The standard InChI is InChI=1S/C25H24N2O5/c1-30-18-6-4-17(5-7-18)27-12-10-26(11-13-27)15-19-21(28)8-9-22-24(19)20(16-32-22)25(29)23-3-2-14-31-23/h2-9,14,16,28H,10-13,15H2,1H3. The van der Waals surface area contributed by atoms with Crippen molar-refractivity contribution in [2.45, 2.75) is 6.54 Å². The van der Waals surface area contributed by atoms with E-state index in [1.807, 2.05) is 12.1 Å². The molecule has 0 unspecified atom stereocenters. The Bertz CT molecular complexity index is 1220. The Balaban J connectivity index is 1.36. The molecular weight excluding hydrogens is 408 g/mol. The van der Waals surface area contributed by atoms with Gasteiger partial charge in [0.2, 0.25) is 5.78 Å². The van der Waals surface area contributed by atoms with Crippen LogP contribution < -0.4 is 9.64 Å². The summed E-state index contributed by atoms with van der Waals surface area (Å²) in [6.45, 7) is 3.93. The molecule has 5 rings (SSSR count).